The van der Waals surface area contributed by atoms with Gasteiger partial charge in [-0.3, -0.25) is 4.90 Å². The molecule has 0 aromatic heterocycles. The van der Waals surface area contributed by atoms with Crippen molar-refractivity contribution in [1.29, 1.82) is 0 Å². The van der Waals surface area contributed by atoms with Crippen molar-refractivity contribution in [2.45, 2.75) is 31.3 Å². The molecule has 2 atom stereocenters. The summed E-state index contributed by atoms with van der Waals surface area (Å²) >= 11 is 0. The zero-order chi connectivity index (χ0) is 13.8. The van der Waals surface area contributed by atoms with E-state index in [1.807, 2.05) is 0 Å². The average Bonchev–Trinajstić information content (AvgIpc) is 2.51. The first-order valence-electron chi connectivity index (χ1n) is 8.04. The molecule has 110 valence electrons. The van der Waals surface area contributed by atoms with Gasteiger partial charge in [0, 0.05) is 38.3 Å². The van der Waals surface area contributed by atoms with Crippen LogP contribution in [-0.2, 0) is 0 Å². The monoisotopic (exact) mass is 273 g/mol. The summed E-state index contributed by atoms with van der Waals surface area (Å²) in [7, 11) is 2.30. The van der Waals surface area contributed by atoms with E-state index in [0.717, 1.165) is 19.1 Å². The maximum atomic E-state index is 3.56. The lowest BCUT2D eigenvalue weighted by Gasteiger charge is -2.42. The highest BCUT2D eigenvalue weighted by molar-refractivity contribution is 5.20. The molecule has 3 heteroatoms. The molecule has 2 aliphatic rings. The molecular formula is C17H27N3. The van der Waals surface area contributed by atoms with Gasteiger partial charge in [0.2, 0.25) is 0 Å². The van der Waals surface area contributed by atoms with Crippen LogP contribution in [-0.4, -0.2) is 55.6 Å². The lowest BCUT2D eigenvalue weighted by atomic mass is 9.99. The molecule has 2 aliphatic heterocycles. The van der Waals surface area contributed by atoms with Crippen LogP contribution in [0.3, 0.4) is 0 Å². The Kier molecular flexibility index (Phi) is 4.71. The minimum absolute atomic E-state index is 0.542. The van der Waals surface area contributed by atoms with Crippen LogP contribution >= 0.6 is 0 Å². The van der Waals surface area contributed by atoms with Gasteiger partial charge in [-0.1, -0.05) is 36.8 Å². The summed E-state index contributed by atoms with van der Waals surface area (Å²) in [6.07, 6.45) is 4.13. The molecule has 0 radical (unpaired) electrons. The molecule has 0 aliphatic carbocycles. The highest BCUT2D eigenvalue weighted by Gasteiger charge is 2.28. The molecule has 2 heterocycles. The molecule has 3 nitrogen and oxygen atoms in total. The minimum Gasteiger partial charge on any atom is -0.314 e. The predicted octanol–water partition coefficient (Wildman–Crippen LogP) is 2.12. The van der Waals surface area contributed by atoms with Gasteiger partial charge in [0.05, 0.1) is 0 Å². The van der Waals surface area contributed by atoms with E-state index in [2.05, 4.69) is 52.5 Å². The second kappa shape index (κ2) is 6.70. The third kappa shape index (κ3) is 3.22. The van der Waals surface area contributed by atoms with Crippen molar-refractivity contribution in [2.24, 2.45) is 0 Å². The maximum absolute atomic E-state index is 3.56. The van der Waals surface area contributed by atoms with Crippen molar-refractivity contribution in [3.63, 3.8) is 0 Å². The number of nitrogens with zero attached hydrogens (tertiary/aromatic N) is 2. The first-order valence-corrected chi connectivity index (χ1v) is 8.04. The fraction of sp³-hybridized carbons (Fsp3) is 0.647. The fourth-order valence-electron chi connectivity index (χ4n) is 3.61. The van der Waals surface area contributed by atoms with Gasteiger partial charge in [0.1, 0.15) is 0 Å². The largest absolute Gasteiger partial charge is 0.314 e. The van der Waals surface area contributed by atoms with Crippen molar-refractivity contribution in [2.75, 3.05) is 39.8 Å². The van der Waals surface area contributed by atoms with E-state index in [-0.39, 0.29) is 0 Å². The Morgan fingerprint density at radius 2 is 2.00 bits per heavy atom. The summed E-state index contributed by atoms with van der Waals surface area (Å²) in [5, 5.41) is 3.56. The zero-order valence-corrected chi connectivity index (χ0v) is 12.6. The Morgan fingerprint density at radius 3 is 2.80 bits per heavy atom. The SMILES string of the molecule is CN1CCCCC1CN1CCNCC1c1ccccc1. The van der Waals surface area contributed by atoms with E-state index >= 15 is 0 Å². The van der Waals surface area contributed by atoms with Gasteiger partial charge >= 0.3 is 0 Å². The molecule has 0 amide bonds. The minimum atomic E-state index is 0.542. The van der Waals surface area contributed by atoms with Crippen LogP contribution in [0.1, 0.15) is 30.9 Å². The number of likely N-dealkylation sites (N-methyl/N-ethyl adjacent to an activating group) is 1. The molecule has 1 N–H and O–H groups in total. The zero-order valence-electron chi connectivity index (χ0n) is 12.6. The Hall–Kier alpha value is -0.900. The van der Waals surface area contributed by atoms with E-state index in [0.29, 0.717) is 6.04 Å². The number of likely N-dealkylation sites (tertiary alicyclic amines) is 1. The summed E-state index contributed by atoms with van der Waals surface area (Å²) in [6, 6.07) is 12.3. The van der Waals surface area contributed by atoms with Gasteiger partial charge in [-0.15, -0.1) is 0 Å². The number of hydrogen-bond donors (Lipinski definition) is 1. The first-order chi connectivity index (χ1) is 9.84. The molecule has 0 saturated carbocycles. The van der Waals surface area contributed by atoms with Crippen LogP contribution < -0.4 is 5.32 Å². The normalized spacial score (nSPS) is 29.4. The number of piperazine rings is 1. The summed E-state index contributed by atoms with van der Waals surface area (Å²) < 4.78 is 0. The van der Waals surface area contributed by atoms with Crippen molar-refractivity contribution >= 4 is 0 Å². The fourth-order valence-corrected chi connectivity index (χ4v) is 3.61. The van der Waals surface area contributed by atoms with E-state index in [1.165, 1.54) is 44.5 Å². The molecular weight excluding hydrogens is 246 g/mol. The lowest BCUT2D eigenvalue weighted by Crippen LogP contribution is -2.52. The number of benzene rings is 1. The molecule has 2 fully saturated rings. The van der Waals surface area contributed by atoms with E-state index in [1.54, 1.807) is 0 Å². The molecule has 1 aromatic carbocycles. The quantitative estimate of drug-likeness (QED) is 0.910. The van der Waals surface area contributed by atoms with Gasteiger partial charge in [0.25, 0.3) is 0 Å². The maximum Gasteiger partial charge on any atom is 0.0473 e. The van der Waals surface area contributed by atoms with Crippen LogP contribution in [0.25, 0.3) is 0 Å². The summed E-state index contributed by atoms with van der Waals surface area (Å²) in [6.45, 7) is 5.87. The molecule has 1 aromatic rings. The smallest absolute Gasteiger partial charge is 0.0473 e. The predicted molar refractivity (Wildman–Crippen MR) is 83.9 cm³/mol. The molecule has 2 unspecified atom stereocenters. The third-order valence-corrected chi connectivity index (χ3v) is 4.91. The van der Waals surface area contributed by atoms with Crippen molar-refractivity contribution in [1.82, 2.24) is 15.1 Å². The Morgan fingerprint density at radius 1 is 1.15 bits per heavy atom. The molecule has 0 bridgehead atoms. The number of piperidine rings is 1. The molecule has 2 saturated heterocycles. The van der Waals surface area contributed by atoms with Gasteiger partial charge in [-0.05, 0) is 32.0 Å². The molecule has 20 heavy (non-hydrogen) atoms. The standard InChI is InChI=1S/C17H27N3/c1-19-11-6-5-9-16(19)14-20-12-10-18-13-17(20)15-7-3-2-4-8-15/h2-4,7-8,16-18H,5-6,9-14H2,1H3. The van der Waals surface area contributed by atoms with Crippen LogP contribution in [0.2, 0.25) is 0 Å². The van der Waals surface area contributed by atoms with Gasteiger partial charge in [0.15, 0.2) is 0 Å². The molecule has 0 spiro atoms. The highest BCUT2D eigenvalue weighted by Crippen LogP contribution is 2.24. The van der Waals surface area contributed by atoms with Crippen molar-refractivity contribution < 1.29 is 0 Å². The second-order valence-corrected chi connectivity index (χ2v) is 6.26. The van der Waals surface area contributed by atoms with Crippen LogP contribution in [0.15, 0.2) is 30.3 Å². The van der Waals surface area contributed by atoms with Gasteiger partial charge in [-0.2, -0.15) is 0 Å². The van der Waals surface area contributed by atoms with Crippen molar-refractivity contribution in [3.05, 3.63) is 35.9 Å². The Balaban J connectivity index is 1.69. The second-order valence-electron chi connectivity index (χ2n) is 6.26. The number of rotatable bonds is 3. The van der Waals surface area contributed by atoms with E-state index in [9.17, 15) is 0 Å². The van der Waals surface area contributed by atoms with Crippen molar-refractivity contribution in [3.8, 4) is 0 Å². The number of hydrogen-bond acceptors (Lipinski definition) is 3. The topological polar surface area (TPSA) is 18.5 Å². The lowest BCUT2D eigenvalue weighted by molar-refractivity contribution is 0.0877. The highest BCUT2D eigenvalue weighted by atomic mass is 15.3. The van der Waals surface area contributed by atoms with E-state index < -0.39 is 0 Å². The summed E-state index contributed by atoms with van der Waals surface area (Å²) in [5.74, 6) is 0. The average molecular weight is 273 g/mol. The first kappa shape index (κ1) is 14.1. The summed E-state index contributed by atoms with van der Waals surface area (Å²) in [5.41, 5.74) is 1.46. The Labute approximate surface area is 123 Å². The summed E-state index contributed by atoms with van der Waals surface area (Å²) in [4.78, 5) is 5.26. The van der Waals surface area contributed by atoms with E-state index in [4.69, 9.17) is 0 Å². The Bertz CT molecular complexity index is 406. The van der Waals surface area contributed by atoms with Crippen LogP contribution in [0, 0.1) is 0 Å². The third-order valence-electron chi connectivity index (χ3n) is 4.91. The van der Waals surface area contributed by atoms with Gasteiger partial charge in [-0.25, -0.2) is 0 Å². The van der Waals surface area contributed by atoms with Crippen LogP contribution in [0.5, 0.6) is 0 Å². The van der Waals surface area contributed by atoms with Crippen LogP contribution in [0.4, 0.5) is 0 Å². The molecule has 3 rings (SSSR count). The van der Waals surface area contributed by atoms with Gasteiger partial charge < -0.3 is 10.2 Å². The number of nitrogens with one attached hydrogen (secondary N) is 1.